The number of methoxy groups -OCH3 is 2. The smallest absolute Gasteiger partial charge is 0.130 e. The van der Waals surface area contributed by atoms with Crippen molar-refractivity contribution < 1.29 is 18.6 Å². The Hall–Kier alpha value is -0.720. The van der Waals surface area contributed by atoms with Crippen LogP contribution in [0.1, 0.15) is 27.7 Å². The van der Waals surface area contributed by atoms with Crippen LogP contribution >= 0.6 is 14.3 Å². The monoisotopic (exact) mass is 346 g/mol. The first kappa shape index (κ1) is 19.3. The lowest BCUT2D eigenvalue weighted by atomic mass is 10.3. The summed E-state index contributed by atoms with van der Waals surface area (Å²) >= 11 is 0. The van der Waals surface area contributed by atoms with Gasteiger partial charge in [-0.1, -0.05) is 27.7 Å². The molecule has 0 aromatic heterocycles. The molecule has 0 amide bonds. The van der Waals surface area contributed by atoms with Crippen molar-refractivity contribution in [3.63, 3.8) is 0 Å². The van der Waals surface area contributed by atoms with E-state index in [4.69, 9.17) is 9.47 Å². The van der Waals surface area contributed by atoms with Gasteiger partial charge in [0, 0.05) is 24.6 Å². The minimum absolute atomic E-state index is 0.560. The highest BCUT2D eigenvalue weighted by molar-refractivity contribution is 7.72. The topological polar surface area (TPSA) is 52.6 Å². The molecule has 6 heteroatoms. The highest BCUT2D eigenvalue weighted by atomic mass is 31.2. The van der Waals surface area contributed by atoms with Gasteiger partial charge >= 0.3 is 0 Å². The molecular formula is C16H28O4P2. The first-order valence-corrected chi connectivity index (χ1v) is 11.9. The predicted molar refractivity (Wildman–Crippen MR) is 96.2 cm³/mol. The predicted octanol–water partition coefficient (Wildman–Crippen LogP) is 3.76. The number of hydrogen-bond donors (Lipinski definition) is 0. The second kappa shape index (κ2) is 7.70. The zero-order chi connectivity index (χ0) is 17.0. The van der Waals surface area contributed by atoms with Gasteiger partial charge in [0.2, 0.25) is 0 Å². The Morgan fingerprint density at radius 1 is 0.727 bits per heavy atom. The average molecular weight is 346 g/mol. The molecule has 0 aliphatic heterocycles. The molecular weight excluding hydrogens is 318 g/mol. The Morgan fingerprint density at radius 3 is 1.18 bits per heavy atom. The van der Waals surface area contributed by atoms with E-state index in [1.165, 1.54) is 0 Å². The lowest BCUT2D eigenvalue weighted by Crippen LogP contribution is -2.20. The third kappa shape index (κ3) is 3.44. The van der Waals surface area contributed by atoms with Crippen molar-refractivity contribution in [2.24, 2.45) is 0 Å². The molecule has 0 radical (unpaired) electrons. The fraction of sp³-hybridized carbons (Fsp3) is 0.625. The van der Waals surface area contributed by atoms with E-state index in [0.29, 0.717) is 46.8 Å². The van der Waals surface area contributed by atoms with Gasteiger partial charge in [-0.05, 0) is 12.1 Å². The Bertz CT molecular complexity index is 541. The van der Waals surface area contributed by atoms with Crippen molar-refractivity contribution >= 4 is 24.9 Å². The molecule has 0 aliphatic carbocycles. The number of rotatable bonds is 8. The summed E-state index contributed by atoms with van der Waals surface area (Å²) in [6.45, 7) is 7.69. The van der Waals surface area contributed by atoms with E-state index in [9.17, 15) is 9.13 Å². The fourth-order valence-corrected chi connectivity index (χ4v) is 6.71. The van der Waals surface area contributed by atoms with Gasteiger partial charge in [0.25, 0.3) is 0 Å². The molecule has 0 saturated heterocycles. The van der Waals surface area contributed by atoms with Crippen molar-refractivity contribution in [1.29, 1.82) is 0 Å². The molecule has 0 spiro atoms. The summed E-state index contributed by atoms with van der Waals surface area (Å²) in [6, 6.07) is 3.56. The molecule has 4 nitrogen and oxygen atoms in total. The zero-order valence-corrected chi connectivity index (χ0v) is 16.3. The summed E-state index contributed by atoms with van der Waals surface area (Å²) in [5.41, 5.74) is 0. The van der Waals surface area contributed by atoms with E-state index in [0.717, 1.165) is 0 Å². The summed E-state index contributed by atoms with van der Waals surface area (Å²) in [5.74, 6) is 1.12. The van der Waals surface area contributed by atoms with Crippen LogP contribution in [0.3, 0.4) is 0 Å². The van der Waals surface area contributed by atoms with Crippen molar-refractivity contribution in [2.75, 3.05) is 38.9 Å². The van der Waals surface area contributed by atoms with Crippen LogP contribution in [-0.2, 0) is 9.13 Å². The van der Waals surface area contributed by atoms with Gasteiger partial charge in [-0.25, -0.2) is 0 Å². The van der Waals surface area contributed by atoms with E-state index >= 15 is 0 Å². The van der Waals surface area contributed by atoms with Crippen LogP contribution in [0.15, 0.2) is 12.1 Å². The van der Waals surface area contributed by atoms with Gasteiger partial charge < -0.3 is 18.6 Å². The lowest BCUT2D eigenvalue weighted by Gasteiger charge is -2.23. The number of benzene rings is 1. The SMILES string of the molecule is CCP(=O)(CC)c1cc(OC)c(P(=O)(CC)CC)cc1OC. The van der Waals surface area contributed by atoms with Crippen LogP contribution in [0.4, 0.5) is 0 Å². The number of hydrogen-bond acceptors (Lipinski definition) is 4. The molecule has 0 fully saturated rings. The summed E-state index contributed by atoms with van der Waals surface area (Å²) in [7, 11) is -1.90. The van der Waals surface area contributed by atoms with Crippen LogP contribution in [0, 0.1) is 0 Å². The second-order valence-corrected chi connectivity index (χ2v) is 12.3. The van der Waals surface area contributed by atoms with Crippen molar-refractivity contribution in [3.8, 4) is 11.5 Å². The Balaban J connectivity index is 3.69. The quantitative estimate of drug-likeness (QED) is 0.673. The molecule has 22 heavy (non-hydrogen) atoms. The van der Waals surface area contributed by atoms with E-state index in [2.05, 4.69) is 0 Å². The van der Waals surface area contributed by atoms with Crippen LogP contribution < -0.4 is 20.1 Å². The van der Waals surface area contributed by atoms with E-state index < -0.39 is 14.3 Å². The fourth-order valence-electron chi connectivity index (χ4n) is 2.63. The van der Waals surface area contributed by atoms with Gasteiger partial charge in [-0.2, -0.15) is 0 Å². The first-order valence-electron chi connectivity index (χ1n) is 7.79. The first-order chi connectivity index (χ1) is 10.4. The molecule has 0 saturated carbocycles. The maximum Gasteiger partial charge on any atom is 0.130 e. The van der Waals surface area contributed by atoms with E-state index in [-0.39, 0.29) is 0 Å². The third-order valence-electron chi connectivity index (χ3n) is 4.40. The van der Waals surface area contributed by atoms with Gasteiger partial charge in [-0.15, -0.1) is 0 Å². The van der Waals surface area contributed by atoms with Crippen LogP contribution in [-0.4, -0.2) is 38.9 Å². The molecule has 0 atom stereocenters. The molecule has 0 N–H and O–H groups in total. The van der Waals surface area contributed by atoms with Gasteiger partial charge in [0.1, 0.15) is 25.8 Å². The molecule has 0 unspecified atom stereocenters. The van der Waals surface area contributed by atoms with Crippen LogP contribution in [0.5, 0.6) is 11.5 Å². The van der Waals surface area contributed by atoms with Gasteiger partial charge in [0.05, 0.1) is 24.8 Å². The normalized spacial score (nSPS) is 12.3. The molecule has 0 aliphatic rings. The molecule has 1 rings (SSSR count). The van der Waals surface area contributed by atoms with E-state index in [1.807, 2.05) is 27.7 Å². The van der Waals surface area contributed by atoms with Crippen molar-refractivity contribution in [3.05, 3.63) is 12.1 Å². The van der Waals surface area contributed by atoms with Crippen LogP contribution in [0.2, 0.25) is 0 Å². The largest absolute Gasteiger partial charge is 0.496 e. The maximum absolute atomic E-state index is 13.1. The molecule has 0 bridgehead atoms. The Kier molecular flexibility index (Phi) is 6.77. The summed E-state index contributed by atoms with van der Waals surface area (Å²) in [4.78, 5) is 0. The van der Waals surface area contributed by atoms with Crippen LogP contribution in [0.25, 0.3) is 0 Å². The molecule has 1 aromatic rings. The highest BCUT2D eigenvalue weighted by Crippen LogP contribution is 2.50. The van der Waals surface area contributed by atoms with Gasteiger partial charge in [-0.3, -0.25) is 0 Å². The zero-order valence-electron chi connectivity index (χ0n) is 14.5. The van der Waals surface area contributed by atoms with Crippen molar-refractivity contribution in [1.82, 2.24) is 0 Å². The summed E-state index contributed by atoms with van der Waals surface area (Å²) in [6.07, 6.45) is 2.28. The average Bonchev–Trinajstić information content (AvgIpc) is 2.58. The second-order valence-electron chi connectivity index (χ2n) is 5.24. The van der Waals surface area contributed by atoms with E-state index in [1.54, 1.807) is 26.4 Å². The molecule has 126 valence electrons. The summed E-state index contributed by atoms with van der Waals surface area (Å²) in [5, 5.41) is 1.39. The molecule has 1 aromatic carbocycles. The highest BCUT2D eigenvalue weighted by Gasteiger charge is 2.31. The minimum atomic E-state index is -2.51. The van der Waals surface area contributed by atoms with Crippen molar-refractivity contribution in [2.45, 2.75) is 27.7 Å². The standard InChI is InChI=1S/C16H28O4P2/c1-7-21(17,8-2)15-11-14(20-6)16(12-13(15)19-5)22(18,9-3)10-4/h11-12H,7-10H2,1-6H3. The maximum atomic E-state index is 13.1. The lowest BCUT2D eigenvalue weighted by molar-refractivity contribution is 0.408. The van der Waals surface area contributed by atoms with Gasteiger partial charge in [0.15, 0.2) is 0 Å². The Labute approximate surface area is 134 Å². The Morgan fingerprint density at radius 2 is 1.00 bits per heavy atom. The summed E-state index contributed by atoms with van der Waals surface area (Å²) < 4.78 is 37.1. The number of ether oxygens (including phenoxy) is 2. The molecule has 0 heterocycles. The minimum Gasteiger partial charge on any atom is -0.496 e. The third-order valence-corrected chi connectivity index (χ3v) is 10.9.